The number of hydrogen-bond acceptors (Lipinski definition) is 5. The molecule has 0 saturated carbocycles. The number of amides is 1. The predicted molar refractivity (Wildman–Crippen MR) is 99.7 cm³/mol. The summed E-state index contributed by atoms with van der Waals surface area (Å²) in [6, 6.07) is 19.5. The highest BCUT2D eigenvalue weighted by atomic mass is 32.2. The average molecular weight is 355 g/mol. The number of nitrogens with one attached hydrogen (secondary N) is 1. The zero-order valence-corrected chi connectivity index (χ0v) is 14.8. The van der Waals surface area contributed by atoms with Gasteiger partial charge in [0.05, 0.1) is 5.92 Å². The van der Waals surface area contributed by atoms with E-state index in [2.05, 4.69) is 22.4 Å². The molecule has 24 heavy (non-hydrogen) atoms. The van der Waals surface area contributed by atoms with Crippen molar-refractivity contribution in [3.8, 4) is 0 Å². The number of benzene rings is 2. The van der Waals surface area contributed by atoms with E-state index in [4.69, 9.17) is 0 Å². The summed E-state index contributed by atoms with van der Waals surface area (Å²) in [4.78, 5) is 12.9. The first-order chi connectivity index (χ1) is 11.8. The van der Waals surface area contributed by atoms with Crippen LogP contribution in [0.1, 0.15) is 24.0 Å². The molecular weight excluding hydrogens is 338 g/mol. The molecule has 6 heteroatoms. The Morgan fingerprint density at radius 3 is 2.17 bits per heavy atom. The summed E-state index contributed by atoms with van der Waals surface area (Å²) in [5.41, 5.74) is 1.91. The summed E-state index contributed by atoms with van der Waals surface area (Å²) >= 11 is 3.02. The van der Waals surface area contributed by atoms with E-state index < -0.39 is 0 Å². The quantitative estimate of drug-likeness (QED) is 0.525. The molecule has 0 spiro atoms. The van der Waals surface area contributed by atoms with Gasteiger partial charge in [-0.05, 0) is 16.9 Å². The van der Waals surface area contributed by atoms with Gasteiger partial charge in [0, 0.05) is 0 Å². The van der Waals surface area contributed by atoms with Crippen molar-refractivity contribution in [1.82, 2.24) is 10.2 Å². The van der Waals surface area contributed by atoms with E-state index in [0.717, 1.165) is 21.2 Å². The van der Waals surface area contributed by atoms with Gasteiger partial charge in [-0.1, -0.05) is 90.7 Å². The van der Waals surface area contributed by atoms with Crippen LogP contribution in [0.2, 0.25) is 0 Å². The van der Waals surface area contributed by atoms with E-state index >= 15 is 0 Å². The fourth-order valence-electron chi connectivity index (χ4n) is 2.41. The Morgan fingerprint density at radius 1 is 1.04 bits per heavy atom. The first kappa shape index (κ1) is 16.7. The Morgan fingerprint density at radius 2 is 1.62 bits per heavy atom. The third-order valence-corrected chi connectivity index (χ3v) is 5.29. The van der Waals surface area contributed by atoms with Crippen LogP contribution in [0.3, 0.4) is 0 Å². The summed E-state index contributed by atoms with van der Waals surface area (Å²) in [7, 11) is 0. The molecule has 1 heterocycles. The standard InChI is InChI=1S/C18H17N3OS2/c1-2-23-18-21-20-17(24-18)19-16(22)15(13-9-5-3-6-10-13)14-11-7-4-8-12-14/h3-12,15H,2H2,1H3,(H,19,20,22). The lowest BCUT2D eigenvalue weighted by Gasteiger charge is -2.16. The SMILES string of the molecule is CCSc1nnc(NC(=O)C(c2ccccc2)c2ccccc2)s1. The van der Waals surface area contributed by atoms with Crippen molar-refractivity contribution in [3.05, 3.63) is 71.8 Å². The largest absolute Gasteiger partial charge is 0.300 e. The topological polar surface area (TPSA) is 54.9 Å². The van der Waals surface area contributed by atoms with Gasteiger partial charge in [0.15, 0.2) is 4.34 Å². The van der Waals surface area contributed by atoms with Gasteiger partial charge in [-0.25, -0.2) is 0 Å². The highest BCUT2D eigenvalue weighted by Crippen LogP contribution is 2.29. The molecule has 0 aliphatic rings. The lowest BCUT2D eigenvalue weighted by Crippen LogP contribution is -2.22. The molecule has 0 radical (unpaired) electrons. The molecule has 0 aliphatic heterocycles. The van der Waals surface area contributed by atoms with Crippen LogP contribution in [0.4, 0.5) is 5.13 Å². The molecule has 0 unspecified atom stereocenters. The summed E-state index contributed by atoms with van der Waals surface area (Å²) < 4.78 is 0.865. The van der Waals surface area contributed by atoms with Crippen LogP contribution in [0.25, 0.3) is 0 Å². The van der Waals surface area contributed by atoms with Gasteiger partial charge in [-0.2, -0.15) is 0 Å². The number of nitrogens with zero attached hydrogens (tertiary/aromatic N) is 2. The minimum absolute atomic E-state index is 0.100. The first-order valence-electron chi connectivity index (χ1n) is 7.65. The Labute approximate surface area is 149 Å². The maximum Gasteiger partial charge on any atom is 0.238 e. The van der Waals surface area contributed by atoms with Gasteiger partial charge in [0.2, 0.25) is 11.0 Å². The molecule has 0 aliphatic carbocycles. The second-order valence-electron chi connectivity index (χ2n) is 5.05. The van der Waals surface area contributed by atoms with E-state index in [1.54, 1.807) is 11.8 Å². The van der Waals surface area contributed by atoms with Crippen molar-refractivity contribution in [3.63, 3.8) is 0 Å². The van der Waals surface area contributed by atoms with Gasteiger partial charge in [-0.15, -0.1) is 10.2 Å². The summed E-state index contributed by atoms with van der Waals surface area (Å²) in [6.45, 7) is 2.06. The zero-order valence-electron chi connectivity index (χ0n) is 13.2. The number of aromatic nitrogens is 2. The van der Waals surface area contributed by atoms with Crippen LogP contribution in [0.5, 0.6) is 0 Å². The van der Waals surface area contributed by atoms with Crippen molar-refractivity contribution in [2.24, 2.45) is 0 Å². The average Bonchev–Trinajstić information content (AvgIpc) is 3.04. The number of anilines is 1. The molecule has 3 rings (SSSR count). The van der Waals surface area contributed by atoms with Crippen LogP contribution < -0.4 is 5.32 Å². The van der Waals surface area contributed by atoms with E-state index in [1.807, 2.05) is 60.7 Å². The fraction of sp³-hybridized carbons (Fsp3) is 0.167. The molecule has 3 aromatic rings. The van der Waals surface area contributed by atoms with Crippen molar-refractivity contribution in [2.75, 3.05) is 11.1 Å². The molecule has 0 bridgehead atoms. The molecule has 122 valence electrons. The molecule has 4 nitrogen and oxygen atoms in total. The van der Waals surface area contributed by atoms with Gasteiger partial charge < -0.3 is 0 Å². The third-order valence-electron chi connectivity index (χ3n) is 3.43. The molecule has 0 fully saturated rings. The number of hydrogen-bond donors (Lipinski definition) is 1. The molecule has 1 N–H and O–H groups in total. The van der Waals surface area contributed by atoms with Crippen molar-refractivity contribution >= 4 is 34.1 Å². The highest BCUT2D eigenvalue weighted by Gasteiger charge is 2.23. The number of carbonyl (C=O) groups excluding carboxylic acids is 1. The number of thioether (sulfide) groups is 1. The summed E-state index contributed by atoms with van der Waals surface area (Å²) in [6.07, 6.45) is 0. The number of carbonyl (C=O) groups is 1. The normalized spacial score (nSPS) is 10.8. The zero-order chi connectivity index (χ0) is 16.8. The monoisotopic (exact) mass is 355 g/mol. The highest BCUT2D eigenvalue weighted by molar-refractivity contribution is 8.01. The van der Waals surface area contributed by atoms with E-state index in [-0.39, 0.29) is 11.8 Å². The van der Waals surface area contributed by atoms with Crippen LogP contribution >= 0.6 is 23.1 Å². The number of rotatable bonds is 6. The molecule has 2 aromatic carbocycles. The van der Waals surface area contributed by atoms with Crippen molar-refractivity contribution in [1.29, 1.82) is 0 Å². The van der Waals surface area contributed by atoms with Gasteiger partial charge >= 0.3 is 0 Å². The summed E-state index contributed by atoms with van der Waals surface area (Å²) in [5, 5.41) is 11.6. The van der Waals surface area contributed by atoms with E-state index in [9.17, 15) is 4.79 Å². The molecule has 0 saturated heterocycles. The van der Waals surface area contributed by atoms with Gasteiger partial charge in [0.1, 0.15) is 0 Å². The summed E-state index contributed by atoms with van der Waals surface area (Å²) in [5.74, 6) is 0.453. The third kappa shape index (κ3) is 4.01. The minimum Gasteiger partial charge on any atom is -0.300 e. The Hall–Kier alpha value is -2.18. The predicted octanol–water partition coefficient (Wildman–Crippen LogP) is 4.42. The van der Waals surface area contributed by atoms with Crippen LogP contribution in [-0.2, 0) is 4.79 Å². The maximum absolute atomic E-state index is 12.9. The molecule has 1 aromatic heterocycles. The van der Waals surface area contributed by atoms with Crippen LogP contribution in [-0.4, -0.2) is 21.9 Å². The lowest BCUT2D eigenvalue weighted by atomic mass is 9.90. The van der Waals surface area contributed by atoms with Crippen molar-refractivity contribution < 1.29 is 4.79 Å². The van der Waals surface area contributed by atoms with Gasteiger partial charge in [-0.3, -0.25) is 10.1 Å². The molecular formula is C18H17N3OS2. The Kier molecular flexibility index (Phi) is 5.61. The molecule has 1 amide bonds. The van der Waals surface area contributed by atoms with Crippen molar-refractivity contribution in [2.45, 2.75) is 17.2 Å². The maximum atomic E-state index is 12.9. The smallest absolute Gasteiger partial charge is 0.238 e. The lowest BCUT2D eigenvalue weighted by molar-refractivity contribution is -0.116. The van der Waals surface area contributed by atoms with Crippen LogP contribution in [0, 0.1) is 0 Å². The fourth-order valence-corrected chi connectivity index (χ4v) is 4.06. The first-order valence-corrected chi connectivity index (χ1v) is 9.45. The second kappa shape index (κ2) is 8.08. The Bertz CT molecular complexity index is 751. The second-order valence-corrected chi connectivity index (χ2v) is 7.54. The minimum atomic E-state index is -0.376. The Balaban J connectivity index is 1.86. The van der Waals surface area contributed by atoms with Gasteiger partial charge in [0.25, 0.3) is 0 Å². The van der Waals surface area contributed by atoms with Crippen LogP contribution in [0.15, 0.2) is 65.0 Å². The van der Waals surface area contributed by atoms with E-state index in [1.165, 1.54) is 11.3 Å². The molecule has 0 atom stereocenters. The van der Waals surface area contributed by atoms with E-state index in [0.29, 0.717) is 5.13 Å².